The lowest BCUT2D eigenvalue weighted by Gasteiger charge is -2.10. The normalized spacial score (nSPS) is 13.8. The molecule has 0 atom stereocenters. The molecule has 0 bridgehead atoms. The van der Waals surface area contributed by atoms with Crippen molar-refractivity contribution in [3.8, 4) is 0 Å². The number of hydrogen-bond donors (Lipinski definition) is 0. The molecule has 3 aromatic rings. The minimum atomic E-state index is 0. The lowest BCUT2D eigenvalue weighted by molar-refractivity contribution is -0.678. The number of benzene rings is 1. The molecule has 3 heteroatoms. The first-order chi connectivity index (χ1) is 8.36. The molecule has 1 aromatic carbocycles. The van der Waals surface area contributed by atoms with Crippen LogP contribution < -0.4 is 28.5 Å². The zero-order chi connectivity index (χ0) is 11.4. The van der Waals surface area contributed by atoms with Gasteiger partial charge >= 0.3 is 0 Å². The van der Waals surface area contributed by atoms with Crippen molar-refractivity contribution in [2.75, 3.05) is 0 Å². The van der Waals surface area contributed by atoms with Gasteiger partial charge in [0.1, 0.15) is 12.6 Å². The van der Waals surface area contributed by atoms with Crippen molar-refractivity contribution in [2.24, 2.45) is 7.05 Å². The summed E-state index contributed by atoms with van der Waals surface area (Å²) in [4.78, 5) is 0. The molecule has 0 radical (unpaired) electrons. The van der Waals surface area contributed by atoms with Crippen LogP contribution >= 0.6 is 0 Å². The Bertz CT molecular complexity index is 743. The van der Waals surface area contributed by atoms with Gasteiger partial charge in [-0.2, -0.15) is 0 Å². The van der Waals surface area contributed by atoms with Gasteiger partial charge in [0.05, 0.1) is 11.7 Å². The molecule has 4 rings (SSSR count). The minimum Gasteiger partial charge on any atom is -1.00 e. The third-order valence-corrected chi connectivity index (χ3v) is 3.99. The highest BCUT2D eigenvalue weighted by Crippen LogP contribution is 2.32. The maximum absolute atomic E-state index is 2.36. The lowest BCUT2D eigenvalue weighted by Crippen LogP contribution is -3.00. The fraction of sp³-hybridized carbons (Fsp3) is 0.267. The summed E-state index contributed by atoms with van der Waals surface area (Å²) in [6.45, 7) is 0. The molecule has 0 saturated carbocycles. The fourth-order valence-electron chi connectivity index (χ4n) is 3.20. The summed E-state index contributed by atoms with van der Waals surface area (Å²) in [7, 11) is 2.15. The summed E-state index contributed by atoms with van der Waals surface area (Å²) >= 11 is 0. The predicted molar refractivity (Wildman–Crippen MR) is 68.1 cm³/mol. The van der Waals surface area contributed by atoms with Gasteiger partial charge in [-0.1, -0.05) is 18.2 Å². The molecule has 0 aliphatic heterocycles. The van der Waals surface area contributed by atoms with Crippen molar-refractivity contribution < 1.29 is 28.5 Å². The van der Waals surface area contributed by atoms with E-state index in [9.17, 15) is 0 Å². The van der Waals surface area contributed by atoms with E-state index < -0.39 is 0 Å². The second kappa shape index (κ2) is 4.23. The predicted octanol–water partition coefficient (Wildman–Crippen LogP) is -0.590. The average molecular weight is 350 g/mol. The first-order valence-corrected chi connectivity index (χ1v) is 6.25. The van der Waals surface area contributed by atoms with Crippen LogP contribution in [-0.2, 0) is 19.9 Å². The first kappa shape index (κ1) is 12.0. The molecule has 0 saturated heterocycles. The van der Waals surface area contributed by atoms with Crippen molar-refractivity contribution in [3.05, 3.63) is 47.9 Å². The topological polar surface area (TPSA) is 8.29 Å². The molecule has 2 nitrogen and oxygen atoms in total. The Balaban J connectivity index is 0.000001000. The second-order valence-corrected chi connectivity index (χ2v) is 4.92. The quantitative estimate of drug-likeness (QED) is 0.379. The van der Waals surface area contributed by atoms with E-state index in [1.54, 1.807) is 0 Å². The standard InChI is InChI=1S/C15H15N2.HI/c1-16-9-10-17-13-7-3-2-5-11(13)12-6-4-8-14(16)15(12)17;/h2-3,5,7,9-10H,4,6,8H2,1H3;1H/q+1;/p-1. The van der Waals surface area contributed by atoms with Gasteiger partial charge < -0.3 is 28.4 Å². The van der Waals surface area contributed by atoms with Crippen LogP contribution in [0.1, 0.15) is 17.7 Å². The number of hydrogen-bond acceptors (Lipinski definition) is 0. The fourth-order valence-corrected chi connectivity index (χ4v) is 3.20. The van der Waals surface area contributed by atoms with E-state index in [1.807, 2.05) is 0 Å². The lowest BCUT2D eigenvalue weighted by atomic mass is 9.97. The average Bonchev–Trinajstić information content (AvgIpc) is 2.70. The molecule has 0 N–H and O–H groups in total. The van der Waals surface area contributed by atoms with E-state index in [0.29, 0.717) is 0 Å². The summed E-state index contributed by atoms with van der Waals surface area (Å²) in [6, 6.07) is 8.75. The van der Waals surface area contributed by atoms with Crippen LogP contribution in [0, 0.1) is 0 Å². The second-order valence-electron chi connectivity index (χ2n) is 4.92. The number of para-hydroxylation sites is 1. The SMILES string of the molecule is C[n+]1ccn2c3c(c4ccccc42)CCCc31.[I-]. The van der Waals surface area contributed by atoms with Gasteiger partial charge in [-0.15, -0.1) is 0 Å². The Morgan fingerprint density at radius 1 is 1.17 bits per heavy atom. The molecular formula is C15H15IN2. The third-order valence-electron chi connectivity index (χ3n) is 3.99. The Morgan fingerprint density at radius 3 is 2.89 bits per heavy atom. The van der Waals surface area contributed by atoms with Crippen LogP contribution in [-0.4, -0.2) is 4.40 Å². The highest BCUT2D eigenvalue weighted by Gasteiger charge is 2.23. The number of aromatic nitrogens is 2. The van der Waals surface area contributed by atoms with Crippen molar-refractivity contribution in [2.45, 2.75) is 19.3 Å². The molecule has 2 heterocycles. The Labute approximate surface area is 123 Å². The van der Waals surface area contributed by atoms with Gasteiger partial charge in [-0.25, -0.2) is 4.57 Å². The van der Waals surface area contributed by atoms with Crippen molar-refractivity contribution >= 4 is 16.4 Å². The van der Waals surface area contributed by atoms with Crippen LogP contribution in [0.25, 0.3) is 16.4 Å². The molecule has 1 aliphatic rings. The molecule has 1 aliphatic carbocycles. The van der Waals surface area contributed by atoms with E-state index in [-0.39, 0.29) is 24.0 Å². The zero-order valence-corrected chi connectivity index (χ0v) is 12.5. The van der Waals surface area contributed by atoms with Gasteiger partial charge in [0, 0.05) is 11.8 Å². The van der Waals surface area contributed by atoms with Gasteiger partial charge in [0.15, 0.2) is 6.20 Å². The molecule has 18 heavy (non-hydrogen) atoms. The number of aryl methyl sites for hydroxylation is 3. The monoisotopic (exact) mass is 350 g/mol. The van der Waals surface area contributed by atoms with Crippen molar-refractivity contribution in [1.29, 1.82) is 0 Å². The molecule has 0 unspecified atom stereocenters. The smallest absolute Gasteiger partial charge is 0.205 e. The van der Waals surface area contributed by atoms with E-state index in [0.717, 1.165) is 0 Å². The van der Waals surface area contributed by atoms with E-state index >= 15 is 0 Å². The van der Waals surface area contributed by atoms with Crippen LogP contribution in [0.4, 0.5) is 0 Å². The number of fused-ring (bicyclic) bond motifs is 3. The van der Waals surface area contributed by atoms with Crippen LogP contribution in [0.2, 0.25) is 0 Å². The Kier molecular flexibility index (Phi) is 2.81. The highest BCUT2D eigenvalue weighted by atomic mass is 127. The van der Waals surface area contributed by atoms with Crippen molar-refractivity contribution in [3.63, 3.8) is 0 Å². The molecule has 92 valence electrons. The van der Waals surface area contributed by atoms with E-state index in [4.69, 9.17) is 0 Å². The number of halogens is 1. The van der Waals surface area contributed by atoms with Crippen LogP contribution in [0.15, 0.2) is 36.7 Å². The number of rotatable bonds is 0. The summed E-state index contributed by atoms with van der Waals surface area (Å²) in [5.74, 6) is 0. The van der Waals surface area contributed by atoms with Gasteiger partial charge in [0.2, 0.25) is 5.69 Å². The van der Waals surface area contributed by atoms with E-state index in [1.165, 1.54) is 46.9 Å². The maximum atomic E-state index is 2.36. The summed E-state index contributed by atoms with van der Waals surface area (Å²) in [6.07, 6.45) is 8.05. The largest absolute Gasteiger partial charge is 1.00 e. The maximum Gasteiger partial charge on any atom is 0.205 e. The Morgan fingerprint density at radius 2 is 2.00 bits per heavy atom. The van der Waals surface area contributed by atoms with Gasteiger partial charge in [-0.3, -0.25) is 0 Å². The molecule has 0 fully saturated rings. The van der Waals surface area contributed by atoms with Crippen molar-refractivity contribution in [1.82, 2.24) is 4.40 Å². The third kappa shape index (κ3) is 1.43. The van der Waals surface area contributed by atoms with Gasteiger partial charge in [-0.05, 0) is 24.5 Å². The van der Waals surface area contributed by atoms with Crippen LogP contribution in [0.5, 0.6) is 0 Å². The van der Waals surface area contributed by atoms with E-state index in [2.05, 4.69) is 52.7 Å². The van der Waals surface area contributed by atoms with Gasteiger partial charge in [0.25, 0.3) is 0 Å². The minimum absolute atomic E-state index is 0. The number of nitrogens with zero attached hydrogens (tertiary/aromatic N) is 2. The summed E-state index contributed by atoms with van der Waals surface area (Å²) < 4.78 is 4.63. The highest BCUT2D eigenvalue weighted by molar-refractivity contribution is 5.93. The zero-order valence-electron chi connectivity index (χ0n) is 10.4. The van der Waals surface area contributed by atoms with Crippen LogP contribution in [0.3, 0.4) is 0 Å². The molecular weight excluding hydrogens is 335 g/mol. The Hall–Kier alpha value is -1.10. The molecule has 0 spiro atoms. The first-order valence-electron chi connectivity index (χ1n) is 6.25. The summed E-state index contributed by atoms with van der Waals surface area (Å²) in [5, 5.41) is 1.43. The molecule has 0 amide bonds. The summed E-state index contributed by atoms with van der Waals surface area (Å²) in [5.41, 5.74) is 5.81. The molecule has 2 aromatic heterocycles.